The third-order valence-electron chi connectivity index (χ3n) is 5.07. The number of rotatable bonds is 6. The monoisotopic (exact) mass is 647 g/mol. The van der Waals surface area contributed by atoms with E-state index in [2.05, 4.69) is 15.3 Å². The summed E-state index contributed by atoms with van der Waals surface area (Å²) in [7, 11) is 0. The second-order valence-corrected chi connectivity index (χ2v) is 13.0. The predicted octanol–water partition coefficient (Wildman–Crippen LogP) is 2.67. The van der Waals surface area contributed by atoms with Crippen molar-refractivity contribution in [3.8, 4) is 0 Å². The second kappa shape index (κ2) is 12.0. The summed E-state index contributed by atoms with van der Waals surface area (Å²) in [6.07, 6.45) is 5.33. The third kappa shape index (κ3) is 6.15. The number of carbonyl (C=O) groups is 1. The number of carbonyl (C=O) groups excluding carboxylic acids is 1. The number of nitrogens with zero attached hydrogens (tertiary/aromatic N) is 2. The molecule has 36 heavy (non-hydrogen) atoms. The molecule has 0 aliphatic rings. The topological polar surface area (TPSA) is 86.4 Å². The molecule has 5 aromatic rings. The second-order valence-electron chi connectivity index (χ2n) is 7.46. The van der Waals surface area contributed by atoms with Gasteiger partial charge in [-0.05, 0) is 0 Å². The van der Waals surface area contributed by atoms with Crippen molar-refractivity contribution in [2.24, 2.45) is 0 Å². The Morgan fingerprint density at radius 2 is 1.31 bits per heavy atom. The number of hydrogen-bond acceptors (Lipinski definition) is 3. The van der Waals surface area contributed by atoms with Crippen LogP contribution in [0.5, 0.6) is 0 Å². The fraction of sp³-hybridized carbons (Fsp3) is 0. The van der Waals surface area contributed by atoms with Gasteiger partial charge in [0.25, 0.3) is 0 Å². The van der Waals surface area contributed by atoms with Gasteiger partial charge in [-0.3, -0.25) is 0 Å². The Labute approximate surface area is 230 Å². The Hall–Kier alpha value is -2.73. The van der Waals surface area contributed by atoms with Crippen molar-refractivity contribution in [3.63, 3.8) is 0 Å². The standard InChI is InChI=1S/C27H17Cl2N3OSe2.H2O/c28-18-6-10-20(11-7-18)34-23-15-30-16-24(35-21-12-8-19(29)9-13-21)25(23)27(33)32-22-5-1-3-17-4-2-14-31-26(17)22;/h1-16H,(H,32,33);1H2. The van der Waals surface area contributed by atoms with Crippen molar-refractivity contribution in [1.82, 2.24) is 9.97 Å². The molecule has 3 aromatic carbocycles. The molecule has 0 bridgehead atoms. The van der Waals surface area contributed by atoms with Crippen LogP contribution in [0.3, 0.4) is 0 Å². The summed E-state index contributed by atoms with van der Waals surface area (Å²) < 4.78 is 4.05. The van der Waals surface area contributed by atoms with Gasteiger partial charge >= 0.3 is 227 Å². The number of amides is 1. The maximum absolute atomic E-state index is 13.8. The molecule has 180 valence electrons. The molecule has 0 fully saturated rings. The average molecular weight is 646 g/mol. The molecule has 0 spiro atoms. The van der Waals surface area contributed by atoms with Crippen LogP contribution in [0.25, 0.3) is 10.9 Å². The first-order chi connectivity index (χ1) is 17.1. The average Bonchev–Trinajstić information content (AvgIpc) is 2.87. The third-order valence-corrected chi connectivity index (χ3v) is 9.92. The molecule has 0 aliphatic heterocycles. The molecule has 0 atom stereocenters. The zero-order valence-electron chi connectivity index (χ0n) is 18.6. The van der Waals surface area contributed by atoms with E-state index in [1.807, 2.05) is 78.9 Å². The molecule has 5 nitrogen and oxygen atoms in total. The molecule has 9 heteroatoms. The van der Waals surface area contributed by atoms with Crippen molar-refractivity contribution in [1.29, 1.82) is 0 Å². The van der Waals surface area contributed by atoms with E-state index in [4.69, 9.17) is 23.2 Å². The van der Waals surface area contributed by atoms with Crippen LogP contribution >= 0.6 is 23.2 Å². The number of pyridine rings is 2. The van der Waals surface area contributed by atoms with Crippen LogP contribution in [-0.2, 0) is 0 Å². The molecule has 0 aliphatic carbocycles. The molecule has 0 unspecified atom stereocenters. The quantitative estimate of drug-likeness (QED) is 0.288. The molecule has 0 saturated heterocycles. The van der Waals surface area contributed by atoms with Gasteiger partial charge in [0, 0.05) is 0 Å². The van der Waals surface area contributed by atoms with Crippen LogP contribution in [0.2, 0.25) is 10.0 Å². The minimum absolute atomic E-state index is 0. The van der Waals surface area contributed by atoms with Crippen LogP contribution in [0.1, 0.15) is 10.4 Å². The van der Waals surface area contributed by atoms with Gasteiger partial charge in [0.1, 0.15) is 0 Å². The molecule has 2 aromatic heterocycles. The van der Waals surface area contributed by atoms with Crippen LogP contribution in [-0.4, -0.2) is 51.3 Å². The van der Waals surface area contributed by atoms with E-state index in [0.29, 0.717) is 21.3 Å². The Morgan fingerprint density at radius 3 is 1.89 bits per heavy atom. The fourth-order valence-corrected chi connectivity index (χ4v) is 7.99. The zero-order chi connectivity index (χ0) is 24.2. The fourth-order valence-electron chi connectivity index (χ4n) is 3.45. The van der Waals surface area contributed by atoms with Crippen molar-refractivity contribution in [3.05, 3.63) is 113 Å². The first-order valence-corrected chi connectivity index (χ1v) is 14.7. The summed E-state index contributed by atoms with van der Waals surface area (Å²) in [5, 5.41) is 5.46. The number of para-hydroxylation sites is 1. The first kappa shape index (κ1) is 26.3. The maximum atomic E-state index is 13.8. The molecule has 1 amide bonds. The van der Waals surface area contributed by atoms with Gasteiger partial charge in [0.2, 0.25) is 0 Å². The summed E-state index contributed by atoms with van der Waals surface area (Å²) in [4.78, 5) is 22.8. The van der Waals surface area contributed by atoms with Crippen LogP contribution in [0, 0.1) is 0 Å². The molecule has 0 radical (unpaired) electrons. The number of aromatic nitrogens is 2. The van der Waals surface area contributed by atoms with Gasteiger partial charge in [-0.2, -0.15) is 0 Å². The van der Waals surface area contributed by atoms with E-state index >= 15 is 0 Å². The Morgan fingerprint density at radius 1 is 0.750 bits per heavy atom. The van der Waals surface area contributed by atoms with Crippen molar-refractivity contribution in [2.45, 2.75) is 0 Å². The van der Waals surface area contributed by atoms with E-state index in [-0.39, 0.29) is 41.3 Å². The SMILES string of the molecule is O.O=C(Nc1cccc2cccnc12)c1c([Se]c2ccc(Cl)cc2)cncc1[Se]c1ccc(Cl)cc1. The zero-order valence-corrected chi connectivity index (χ0v) is 23.6. The summed E-state index contributed by atoms with van der Waals surface area (Å²) in [5.41, 5.74) is 2.10. The number of fused-ring (bicyclic) bond motifs is 1. The summed E-state index contributed by atoms with van der Waals surface area (Å²) >= 11 is 11.9. The number of hydrogen-bond donors (Lipinski definition) is 1. The molecule has 2 heterocycles. The van der Waals surface area contributed by atoms with Gasteiger partial charge in [-0.1, -0.05) is 0 Å². The number of anilines is 1. The van der Waals surface area contributed by atoms with E-state index in [1.54, 1.807) is 18.6 Å². The Balaban J connectivity index is 0.00000304. The summed E-state index contributed by atoms with van der Waals surface area (Å²) in [6, 6.07) is 25.1. The van der Waals surface area contributed by atoms with Crippen molar-refractivity contribution in [2.75, 3.05) is 5.32 Å². The van der Waals surface area contributed by atoms with Gasteiger partial charge in [-0.25, -0.2) is 0 Å². The van der Waals surface area contributed by atoms with Crippen LogP contribution < -0.4 is 23.2 Å². The van der Waals surface area contributed by atoms with Crippen LogP contribution in [0.4, 0.5) is 5.69 Å². The molecule has 5 rings (SSSR count). The van der Waals surface area contributed by atoms with Gasteiger partial charge in [0.15, 0.2) is 0 Å². The van der Waals surface area contributed by atoms with Gasteiger partial charge in [-0.15, -0.1) is 0 Å². The van der Waals surface area contributed by atoms with E-state index in [9.17, 15) is 4.79 Å². The van der Waals surface area contributed by atoms with E-state index < -0.39 is 0 Å². The van der Waals surface area contributed by atoms with E-state index in [1.165, 1.54) is 0 Å². The van der Waals surface area contributed by atoms with Gasteiger partial charge < -0.3 is 5.48 Å². The normalized spacial score (nSPS) is 10.6. The number of halogens is 2. The molecule has 3 N–H and O–H groups in total. The van der Waals surface area contributed by atoms with Crippen molar-refractivity contribution < 1.29 is 10.3 Å². The minimum atomic E-state index is -0.165. The van der Waals surface area contributed by atoms with Crippen LogP contribution in [0.15, 0.2) is 97.5 Å². The molecular weight excluding hydrogens is 627 g/mol. The Bertz CT molecular complexity index is 1440. The number of benzene rings is 3. The molecular formula is C27H19Cl2N3O2Se2. The number of nitrogens with one attached hydrogen (secondary N) is 1. The Kier molecular flexibility index (Phi) is 8.78. The van der Waals surface area contributed by atoms with E-state index in [0.717, 1.165) is 28.8 Å². The van der Waals surface area contributed by atoms with Gasteiger partial charge in [0.05, 0.1) is 0 Å². The predicted molar refractivity (Wildman–Crippen MR) is 150 cm³/mol. The molecule has 0 saturated carbocycles. The first-order valence-electron chi connectivity index (χ1n) is 10.6. The summed E-state index contributed by atoms with van der Waals surface area (Å²) in [5.74, 6) is -0.165. The summed E-state index contributed by atoms with van der Waals surface area (Å²) in [6.45, 7) is 0. The van der Waals surface area contributed by atoms with Crippen molar-refractivity contribution >= 4 is 93.5 Å².